The van der Waals surface area contributed by atoms with Crippen molar-refractivity contribution >= 4 is 0 Å². The second kappa shape index (κ2) is 3.62. The molecule has 0 N–H and O–H groups in total. The van der Waals surface area contributed by atoms with E-state index in [9.17, 15) is 0 Å². The predicted molar refractivity (Wildman–Crippen MR) is 55.4 cm³/mol. The Balaban J connectivity index is 2.53. The van der Waals surface area contributed by atoms with Crippen molar-refractivity contribution in [1.82, 2.24) is 14.8 Å². The van der Waals surface area contributed by atoms with Crippen LogP contribution in [0.5, 0.6) is 0 Å². The minimum absolute atomic E-state index is 0.461. The minimum atomic E-state index is 0.461. The summed E-state index contributed by atoms with van der Waals surface area (Å²) in [5, 5.41) is 4.18. The summed E-state index contributed by atoms with van der Waals surface area (Å²) >= 11 is 0. The van der Waals surface area contributed by atoms with Gasteiger partial charge in [-0.05, 0) is 23.6 Å². The molecule has 3 nitrogen and oxygen atoms in total. The first kappa shape index (κ1) is 8.94. The van der Waals surface area contributed by atoms with Crippen LogP contribution in [0, 0.1) is 0 Å². The number of hydrogen-bond acceptors (Lipinski definition) is 2. The van der Waals surface area contributed by atoms with E-state index in [4.69, 9.17) is 0 Å². The van der Waals surface area contributed by atoms with Crippen molar-refractivity contribution in [3.8, 4) is 5.82 Å². The molecular formula is C11H13N3. The van der Waals surface area contributed by atoms with Crippen LogP contribution in [0.25, 0.3) is 5.82 Å². The number of nitrogens with zero attached hydrogens (tertiary/aromatic N) is 3. The number of hydrogen-bond donors (Lipinski definition) is 0. The Morgan fingerprint density at radius 1 is 1.21 bits per heavy atom. The lowest BCUT2D eigenvalue weighted by Gasteiger charge is -2.10. The van der Waals surface area contributed by atoms with Gasteiger partial charge >= 0.3 is 0 Å². The summed E-state index contributed by atoms with van der Waals surface area (Å²) in [4.78, 5) is 4.34. The standard InChI is InChI=1S/C11H13N3/c1-9(2)10-5-3-6-12-11(10)14-8-4-7-13-14/h3-9H,1-2H3. The van der Waals surface area contributed by atoms with Crippen molar-refractivity contribution in [2.24, 2.45) is 0 Å². The maximum atomic E-state index is 4.34. The molecule has 2 rings (SSSR count). The Labute approximate surface area is 83.4 Å². The molecule has 2 aromatic rings. The largest absolute Gasteiger partial charge is 0.237 e. The second-order valence-corrected chi connectivity index (χ2v) is 3.52. The van der Waals surface area contributed by atoms with Gasteiger partial charge in [-0.3, -0.25) is 0 Å². The molecule has 72 valence electrons. The first-order valence-electron chi connectivity index (χ1n) is 4.74. The number of pyridine rings is 1. The molecule has 14 heavy (non-hydrogen) atoms. The van der Waals surface area contributed by atoms with Crippen LogP contribution < -0.4 is 0 Å². The Morgan fingerprint density at radius 2 is 2.07 bits per heavy atom. The van der Waals surface area contributed by atoms with Gasteiger partial charge in [0.25, 0.3) is 0 Å². The van der Waals surface area contributed by atoms with E-state index in [1.54, 1.807) is 17.1 Å². The van der Waals surface area contributed by atoms with Gasteiger partial charge in [-0.15, -0.1) is 0 Å². The third-order valence-electron chi connectivity index (χ3n) is 2.16. The summed E-state index contributed by atoms with van der Waals surface area (Å²) in [5.74, 6) is 1.38. The zero-order chi connectivity index (χ0) is 9.97. The predicted octanol–water partition coefficient (Wildman–Crippen LogP) is 2.39. The highest BCUT2D eigenvalue weighted by atomic mass is 15.3. The van der Waals surface area contributed by atoms with E-state index in [0.29, 0.717) is 5.92 Å². The average molecular weight is 187 g/mol. The zero-order valence-corrected chi connectivity index (χ0v) is 8.38. The summed E-state index contributed by atoms with van der Waals surface area (Å²) in [7, 11) is 0. The van der Waals surface area contributed by atoms with E-state index in [-0.39, 0.29) is 0 Å². The van der Waals surface area contributed by atoms with E-state index in [1.165, 1.54) is 5.56 Å². The lowest BCUT2D eigenvalue weighted by atomic mass is 10.0. The Morgan fingerprint density at radius 3 is 2.71 bits per heavy atom. The minimum Gasteiger partial charge on any atom is -0.237 e. The molecule has 0 aromatic carbocycles. The molecule has 3 heteroatoms. The first-order chi connectivity index (χ1) is 6.79. The monoisotopic (exact) mass is 187 g/mol. The topological polar surface area (TPSA) is 30.7 Å². The van der Waals surface area contributed by atoms with Gasteiger partial charge in [0.05, 0.1) is 0 Å². The van der Waals surface area contributed by atoms with Gasteiger partial charge in [0, 0.05) is 18.6 Å². The van der Waals surface area contributed by atoms with Gasteiger partial charge in [-0.2, -0.15) is 5.10 Å². The van der Waals surface area contributed by atoms with Crippen LogP contribution in [0.4, 0.5) is 0 Å². The van der Waals surface area contributed by atoms with Crippen LogP contribution >= 0.6 is 0 Å². The molecule has 0 radical (unpaired) electrons. The maximum absolute atomic E-state index is 4.34. The fraction of sp³-hybridized carbons (Fsp3) is 0.273. The van der Waals surface area contributed by atoms with Gasteiger partial charge in [-0.25, -0.2) is 9.67 Å². The molecule has 0 spiro atoms. The smallest absolute Gasteiger partial charge is 0.156 e. The van der Waals surface area contributed by atoms with Gasteiger partial charge in [-0.1, -0.05) is 19.9 Å². The quantitative estimate of drug-likeness (QED) is 0.722. The van der Waals surface area contributed by atoms with Crippen molar-refractivity contribution in [2.45, 2.75) is 19.8 Å². The maximum Gasteiger partial charge on any atom is 0.156 e. The zero-order valence-electron chi connectivity index (χ0n) is 8.38. The molecule has 0 amide bonds. The molecule has 0 saturated carbocycles. The molecule has 2 heterocycles. The SMILES string of the molecule is CC(C)c1cccnc1-n1cccn1. The molecule has 0 fully saturated rings. The normalized spacial score (nSPS) is 10.8. The summed E-state index contributed by atoms with van der Waals surface area (Å²) in [6.07, 6.45) is 5.47. The Bertz CT molecular complexity index is 404. The van der Waals surface area contributed by atoms with E-state index < -0.39 is 0 Å². The van der Waals surface area contributed by atoms with Crippen LogP contribution in [0.15, 0.2) is 36.8 Å². The molecule has 0 aliphatic carbocycles. The van der Waals surface area contributed by atoms with Crippen LogP contribution in [0.2, 0.25) is 0 Å². The lowest BCUT2D eigenvalue weighted by molar-refractivity contribution is 0.783. The number of aromatic nitrogens is 3. The van der Waals surface area contributed by atoms with Crippen molar-refractivity contribution in [3.05, 3.63) is 42.4 Å². The van der Waals surface area contributed by atoms with Crippen molar-refractivity contribution in [3.63, 3.8) is 0 Å². The molecule has 0 aliphatic heterocycles. The third-order valence-corrected chi connectivity index (χ3v) is 2.16. The van der Waals surface area contributed by atoms with Crippen molar-refractivity contribution in [1.29, 1.82) is 0 Å². The highest BCUT2D eigenvalue weighted by molar-refractivity contribution is 5.34. The Kier molecular flexibility index (Phi) is 2.31. The molecule has 0 bridgehead atoms. The second-order valence-electron chi connectivity index (χ2n) is 3.52. The first-order valence-corrected chi connectivity index (χ1v) is 4.74. The van der Waals surface area contributed by atoms with Crippen LogP contribution in [0.3, 0.4) is 0 Å². The van der Waals surface area contributed by atoms with Gasteiger partial charge in [0.15, 0.2) is 5.82 Å². The summed E-state index contributed by atoms with van der Waals surface area (Å²) in [6, 6.07) is 5.95. The fourth-order valence-electron chi connectivity index (χ4n) is 1.45. The highest BCUT2D eigenvalue weighted by Gasteiger charge is 2.08. The molecule has 2 aromatic heterocycles. The summed E-state index contributed by atoms with van der Waals surface area (Å²) < 4.78 is 1.80. The van der Waals surface area contributed by atoms with E-state index in [1.807, 2.05) is 18.3 Å². The molecule has 0 aliphatic rings. The molecular weight excluding hydrogens is 174 g/mol. The van der Waals surface area contributed by atoms with Crippen LogP contribution in [-0.2, 0) is 0 Å². The van der Waals surface area contributed by atoms with E-state index >= 15 is 0 Å². The van der Waals surface area contributed by atoms with Crippen molar-refractivity contribution in [2.75, 3.05) is 0 Å². The van der Waals surface area contributed by atoms with E-state index in [2.05, 4.69) is 30.0 Å². The van der Waals surface area contributed by atoms with Crippen molar-refractivity contribution < 1.29 is 0 Å². The van der Waals surface area contributed by atoms with Crippen LogP contribution in [0.1, 0.15) is 25.3 Å². The molecule has 0 unspecified atom stereocenters. The average Bonchev–Trinajstić information content (AvgIpc) is 2.70. The fourth-order valence-corrected chi connectivity index (χ4v) is 1.45. The van der Waals surface area contributed by atoms with Gasteiger partial charge in [0.2, 0.25) is 0 Å². The third kappa shape index (κ3) is 1.53. The summed E-state index contributed by atoms with van der Waals surface area (Å²) in [6.45, 7) is 4.31. The molecule has 0 atom stereocenters. The molecule has 0 saturated heterocycles. The van der Waals surface area contributed by atoms with Crippen LogP contribution in [-0.4, -0.2) is 14.8 Å². The lowest BCUT2D eigenvalue weighted by Crippen LogP contribution is -2.03. The highest BCUT2D eigenvalue weighted by Crippen LogP contribution is 2.19. The van der Waals surface area contributed by atoms with Gasteiger partial charge < -0.3 is 0 Å². The van der Waals surface area contributed by atoms with E-state index in [0.717, 1.165) is 5.82 Å². The van der Waals surface area contributed by atoms with Gasteiger partial charge in [0.1, 0.15) is 0 Å². The Hall–Kier alpha value is -1.64. The number of rotatable bonds is 2. The summed E-state index contributed by atoms with van der Waals surface area (Å²) in [5.41, 5.74) is 1.22.